The molecular weight excluding hydrogens is 314 g/mol. The molecule has 4 rings (SSSR count). The van der Waals surface area contributed by atoms with E-state index < -0.39 is 0 Å². The summed E-state index contributed by atoms with van der Waals surface area (Å²) < 4.78 is 5.93. The first-order chi connectivity index (χ1) is 12.3. The lowest BCUT2D eigenvalue weighted by Crippen LogP contribution is -2.47. The van der Waals surface area contributed by atoms with Gasteiger partial charge in [-0.2, -0.15) is 5.26 Å². The Balaban J connectivity index is 1.71. The van der Waals surface area contributed by atoms with E-state index in [4.69, 9.17) is 4.74 Å². The van der Waals surface area contributed by atoms with Crippen molar-refractivity contribution in [1.82, 2.24) is 4.90 Å². The van der Waals surface area contributed by atoms with Gasteiger partial charge in [0.05, 0.1) is 12.2 Å². The average molecular weight is 333 g/mol. The van der Waals surface area contributed by atoms with E-state index in [1.54, 1.807) is 9.80 Å². The molecule has 25 heavy (non-hydrogen) atoms. The van der Waals surface area contributed by atoms with Crippen LogP contribution in [0.2, 0.25) is 0 Å². The number of likely N-dealkylation sites (tertiary alicyclic amines) is 1. The largest absolute Gasteiger partial charge is 0.489 e. The zero-order chi connectivity index (χ0) is 17.2. The highest BCUT2D eigenvalue weighted by atomic mass is 16.5. The van der Waals surface area contributed by atoms with Crippen LogP contribution in [-0.4, -0.2) is 36.5 Å². The summed E-state index contributed by atoms with van der Waals surface area (Å²) in [5.41, 5.74) is 2.84. The number of para-hydroxylation sites is 1. The second kappa shape index (κ2) is 6.48. The van der Waals surface area contributed by atoms with Gasteiger partial charge in [0.25, 0.3) is 5.91 Å². The topological polar surface area (TPSA) is 56.6 Å². The number of anilines is 1. The van der Waals surface area contributed by atoms with Gasteiger partial charge in [0, 0.05) is 12.1 Å². The van der Waals surface area contributed by atoms with Crippen molar-refractivity contribution in [2.75, 3.05) is 24.6 Å². The number of hydrogen-bond acceptors (Lipinski definition) is 4. The Morgan fingerprint density at radius 3 is 2.76 bits per heavy atom. The number of nitriles is 1. The first-order valence-corrected chi connectivity index (χ1v) is 8.58. The van der Waals surface area contributed by atoms with Crippen molar-refractivity contribution in [3.05, 3.63) is 48.5 Å². The maximum absolute atomic E-state index is 13.1. The van der Waals surface area contributed by atoms with Crippen molar-refractivity contribution in [2.24, 2.45) is 0 Å². The predicted octanol–water partition coefficient (Wildman–Crippen LogP) is 3.02. The van der Waals surface area contributed by atoms with E-state index in [9.17, 15) is 10.1 Å². The van der Waals surface area contributed by atoms with Gasteiger partial charge in [-0.05, 0) is 24.5 Å². The summed E-state index contributed by atoms with van der Waals surface area (Å²) in [5, 5.41) is 9.25. The first-order valence-electron chi connectivity index (χ1n) is 8.58. The van der Waals surface area contributed by atoms with E-state index in [2.05, 4.69) is 6.19 Å². The second-order valence-corrected chi connectivity index (χ2v) is 6.31. The van der Waals surface area contributed by atoms with Crippen LogP contribution in [0.5, 0.6) is 5.75 Å². The summed E-state index contributed by atoms with van der Waals surface area (Å²) in [6.45, 7) is 1.63. The number of rotatable bonds is 2. The lowest BCUT2D eigenvalue weighted by molar-refractivity contribution is -0.122. The van der Waals surface area contributed by atoms with Gasteiger partial charge < -0.3 is 9.64 Å². The summed E-state index contributed by atoms with van der Waals surface area (Å²) in [6, 6.07) is 15.6. The summed E-state index contributed by atoms with van der Waals surface area (Å²) in [5.74, 6) is 0.739. The number of fused-ring (bicyclic) bond motifs is 1. The second-order valence-electron chi connectivity index (χ2n) is 6.31. The van der Waals surface area contributed by atoms with Gasteiger partial charge in [-0.25, -0.2) is 0 Å². The zero-order valence-electron chi connectivity index (χ0n) is 13.9. The molecule has 2 aliphatic heterocycles. The Morgan fingerprint density at radius 1 is 1.12 bits per heavy atom. The van der Waals surface area contributed by atoms with Gasteiger partial charge in [0.15, 0.2) is 11.9 Å². The van der Waals surface area contributed by atoms with Crippen LogP contribution in [0.4, 0.5) is 5.69 Å². The molecule has 0 spiro atoms. The first kappa shape index (κ1) is 15.5. The molecule has 2 heterocycles. The van der Waals surface area contributed by atoms with Crippen molar-refractivity contribution in [1.29, 1.82) is 5.26 Å². The number of ether oxygens (including phenoxy) is 1. The molecule has 0 bridgehead atoms. The Labute approximate surface area is 147 Å². The van der Waals surface area contributed by atoms with Crippen LogP contribution in [0.1, 0.15) is 12.8 Å². The highest BCUT2D eigenvalue weighted by Gasteiger charge is 2.36. The molecule has 1 amide bonds. The van der Waals surface area contributed by atoms with Crippen molar-refractivity contribution in [3.8, 4) is 23.1 Å². The van der Waals surface area contributed by atoms with Crippen LogP contribution in [0.25, 0.3) is 11.1 Å². The average Bonchev–Trinajstić information content (AvgIpc) is 3.16. The van der Waals surface area contributed by atoms with Crippen LogP contribution < -0.4 is 9.64 Å². The van der Waals surface area contributed by atoms with E-state index in [0.29, 0.717) is 19.7 Å². The fraction of sp³-hybridized carbons (Fsp3) is 0.300. The van der Waals surface area contributed by atoms with Crippen molar-refractivity contribution in [3.63, 3.8) is 0 Å². The SMILES string of the molecule is N#CN1CCCC1C(=O)N1CCOc2c(-c3ccccc3)cccc21. The van der Waals surface area contributed by atoms with Crippen molar-refractivity contribution < 1.29 is 9.53 Å². The summed E-state index contributed by atoms with van der Waals surface area (Å²) in [6.07, 6.45) is 3.76. The van der Waals surface area contributed by atoms with E-state index in [1.807, 2.05) is 48.5 Å². The normalized spacial score (nSPS) is 19.1. The molecule has 1 saturated heterocycles. The number of nitrogens with zero attached hydrogens (tertiary/aromatic N) is 3. The van der Waals surface area contributed by atoms with E-state index >= 15 is 0 Å². The van der Waals surface area contributed by atoms with Crippen molar-refractivity contribution in [2.45, 2.75) is 18.9 Å². The van der Waals surface area contributed by atoms with Crippen molar-refractivity contribution >= 4 is 11.6 Å². The number of amides is 1. The lowest BCUT2D eigenvalue weighted by Gasteiger charge is -2.33. The molecule has 0 saturated carbocycles. The van der Waals surface area contributed by atoms with Crippen LogP contribution in [0.3, 0.4) is 0 Å². The molecule has 1 unspecified atom stereocenters. The predicted molar refractivity (Wildman–Crippen MR) is 95.1 cm³/mol. The molecule has 1 fully saturated rings. The molecule has 0 radical (unpaired) electrons. The summed E-state index contributed by atoms with van der Waals surface area (Å²) >= 11 is 0. The molecule has 0 aliphatic carbocycles. The molecular formula is C20H19N3O2. The Bertz CT molecular complexity index is 829. The third-order valence-electron chi connectivity index (χ3n) is 4.86. The molecule has 0 aromatic heterocycles. The minimum Gasteiger partial charge on any atom is -0.489 e. The standard InChI is InChI=1S/C20H19N3O2/c21-14-22-11-5-10-18(22)20(24)23-12-13-25-19-16(8-4-9-17(19)23)15-6-2-1-3-7-15/h1-4,6-9,18H,5,10-13H2. The monoisotopic (exact) mass is 333 g/mol. The number of carbonyl (C=O) groups is 1. The molecule has 2 aliphatic rings. The molecule has 5 nitrogen and oxygen atoms in total. The number of benzene rings is 2. The molecule has 0 N–H and O–H groups in total. The third-order valence-corrected chi connectivity index (χ3v) is 4.86. The summed E-state index contributed by atoms with van der Waals surface area (Å²) in [4.78, 5) is 16.4. The summed E-state index contributed by atoms with van der Waals surface area (Å²) in [7, 11) is 0. The Kier molecular flexibility index (Phi) is 4.02. The zero-order valence-corrected chi connectivity index (χ0v) is 13.9. The molecule has 1 atom stereocenters. The van der Waals surface area contributed by atoms with Gasteiger partial charge in [-0.15, -0.1) is 0 Å². The van der Waals surface area contributed by atoms with Crippen LogP contribution in [0, 0.1) is 11.5 Å². The molecule has 2 aromatic carbocycles. The number of carbonyl (C=O) groups excluding carboxylic acids is 1. The third kappa shape index (κ3) is 2.70. The van der Waals surface area contributed by atoms with E-state index in [0.717, 1.165) is 35.4 Å². The van der Waals surface area contributed by atoms with Gasteiger partial charge in [-0.3, -0.25) is 9.69 Å². The number of hydrogen-bond donors (Lipinski definition) is 0. The Hall–Kier alpha value is -3.00. The fourth-order valence-corrected chi connectivity index (χ4v) is 3.65. The minimum atomic E-state index is -0.351. The van der Waals surface area contributed by atoms with E-state index in [1.165, 1.54) is 0 Å². The highest BCUT2D eigenvalue weighted by Crippen LogP contribution is 2.41. The lowest BCUT2D eigenvalue weighted by atomic mass is 10.0. The van der Waals surface area contributed by atoms with E-state index in [-0.39, 0.29) is 11.9 Å². The molecule has 5 heteroatoms. The van der Waals surface area contributed by atoms with Crippen LogP contribution >= 0.6 is 0 Å². The van der Waals surface area contributed by atoms with Gasteiger partial charge in [-0.1, -0.05) is 42.5 Å². The van der Waals surface area contributed by atoms with Crippen LogP contribution in [-0.2, 0) is 4.79 Å². The smallest absolute Gasteiger partial charge is 0.250 e. The minimum absolute atomic E-state index is 0.00573. The van der Waals surface area contributed by atoms with Gasteiger partial charge in [0.1, 0.15) is 12.6 Å². The van der Waals surface area contributed by atoms with Gasteiger partial charge in [0.2, 0.25) is 0 Å². The maximum Gasteiger partial charge on any atom is 0.250 e. The molecule has 2 aromatic rings. The fourth-order valence-electron chi connectivity index (χ4n) is 3.65. The molecule has 126 valence electrons. The quantitative estimate of drug-likeness (QED) is 0.793. The maximum atomic E-state index is 13.1. The van der Waals surface area contributed by atoms with Crippen LogP contribution in [0.15, 0.2) is 48.5 Å². The van der Waals surface area contributed by atoms with Gasteiger partial charge >= 0.3 is 0 Å². The highest BCUT2D eigenvalue weighted by molar-refractivity contribution is 6.00. The Morgan fingerprint density at radius 2 is 1.96 bits per heavy atom.